The van der Waals surface area contributed by atoms with Gasteiger partial charge < -0.3 is 5.32 Å². The van der Waals surface area contributed by atoms with Gasteiger partial charge in [0.15, 0.2) is 0 Å². The molecule has 0 atom stereocenters. The second-order valence-electron chi connectivity index (χ2n) is 7.26. The van der Waals surface area contributed by atoms with Crippen LogP contribution >= 0.6 is 11.3 Å². The predicted molar refractivity (Wildman–Crippen MR) is 128 cm³/mol. The molecule has 166 valence electrons. The minimum absolute atomic E-state index is 0.228. The summed E-state index contributed by atoms with van der Waals surface area (Å²) in [4.78, 5) is 29.8. The number of amides is 1. The van der Waals surface area contributed by atoms with Gasteiger partial charge >= 0.3 is 0 Å². The lowest BCUT2D eigenvalue weighted by molar-refractivity contribution is -0.116. The van der Waals surface area contributed by atoms with E-state index in [1.807, 2.05) is 37.3 Å². The van der Waals surface area contributed by atoms with Crippen molar-refractivity contribution in [3.63, 3.8) is 0 Å². The Bertz CT molecular complexity index is 1350. The molecule has 4 aromatic rings. The molecule has 1 amide bonds. The molecular weight excluding hydrogens is 439 g/mol. The van der Waals surface area contributed by atoms with Crippen LogP contribution in [-0.2, 0) is 11.3 Å². The second kappa shape index (κ2) is 10.1. The average Bonchev–Trinajstić information content (AvgIpc) is 3.22. The third-order valence-electron chi connectivity index (χ3n) is 4.84. The predicted octanol–water partition coefficient (Wildman–Crippen LogP) is 4.31. The van der Waals surface area contributed by atoms with Crippen LogP contribution in [0.15, 0.2) is 77.6 Å². The van der Waals surface area contributed by atoms with Gasteiger partial charge in [-0.2, -0.15) is 5.10 Å². The first kappa shape index (κ1) is 22.3. The highest BCUT2D eigenvalue weighted by molar-refractivity contribution is 7.18. The van der Waals surface area contributed by atoms with Gasteiger partial charge in [-0.15, -0.1) is 11.3 Å². The molecule has 0 saturated carbocycles. The molecule has 0 spiro atoms. The van der Waals surface area contributed by atoms with E-state index in [1.54, 1.807) is 24.3 Å². The van der Waals surface area contributed by atoms with Crippen molar-refractivity contribution in [3.8, 4) is 21.1 Å². The molecule has 0 fully saturated rings. The van der Waals surface area contributed by atoms with Gasteiger partial charge in [0.05, 0.1) is 17.1 Å². The van der Waals surface area contributed by atoms with Crippen molar-refractivity contribution in [1.29, 1.82) is 0 Å². The Morgan fingerprint density at radius 2 is 1.85 bits per heavy atom. The second-order valence-corrected chi connectivity index (χ2v) is 8.25. The van der Waals surface area contributed by atoms with Crippen LogP contribution in [0.3, 0.4) is 0 Å². The van der Waals surface area contributed by atoms with Crippen LogP contribution in [0.5, 0.6) is 0 Å². The van der Waals surface area contributed by atoms with E-state index in [-0.39, 0.29) is 30.4 Å². The largest absolute Gasteiger partial charge is 0.351 e. The molecule has 6 nitrogen and oxygen atoms in total. The Kier molecular flexibility index (Phi) is 6.85. The molecule has 8 heteroatoms. The number of aryl methyl sites for hydroxylation is 1. The molecule has 0 bridgehead atoms. The maximum Gasteiger partial charge on any atom is 0.266 e. The Labute approximate surface area is 194 Å². The summed E-state index contributed by atoms with van der Waals surface area (Å²) < 4.78 is 14.3. The van der Waals surface area contributed by atoms with Crippen molar-refractivity contribution < 1.29 is 9.18 Å². The molecule has 1 N–H and O–H groups in total. The molecule has 0 unspecified atom stereocenters. The summed E-state index contributed by atoms with van der Waals surface area (Å²) in [5.41, 5.74) is 3.00. The fourth-order valence-electron chi connectivity index (χ4n) is 3.16. The van der Waals surface area contributed by atoms with Crippen molar-refractivity contribution in [2.45, 2.75) is 13.5 Å². The van der Waals surface area contributed by atoms with E-state index in [2.05, 4.69) is 15.4 Å². The van der Waals surface area contributed by atoms with E-state index >= 15 is 0 Å². The quantitative estimate of drug-likeness (QED) is 0.417. The smallest absolute Gasteiger partial charge is 0.266 e. The monoisotopic (exact) mass is 460 g/mol. The fourth-order valence-corrected chi connectivity index (χ4v) is 4.19. The first-order valence-corrected chi connectivity index (χ1v) is 11.1. The van der Waals surface area contributed by atoms with Crippen molar-refractivity contribution in [2.24, 2.45) is 0 Å². The number of thiazole rings is 1. The number of halogens is 1. The number of nitrogens with one attached hydrogen (secondary N) is 1. The summed E-state index contributed by atoms with van der Waals surface area (Å²) in [6, 6.07) is 18.9. The molecule has 33 heavy (non-hydrogen) atoms. The van der Waals surface area contributed by atoms with Crippen LogP contribution in [0.1, 0.15) is 11.3 Å². The van der Waals surface area contributed by atoms with Crippen LogP contribution in [0.25, 0.3) is 27.2 Å². The van der Waals surface area contributed by atoms with E-state index in [4.69, 9.17) is 0 Å². The highest BCUT2D eigenvalue weighted by Gasteiger charge is 2.13. The maximum absolute atomic E-state index is 12.9. The Hall–Kier alpha value is -3.91. The number of carbonyl (C=O) groups excluding carboxylic acids is 1. The van der Waals surface area contributed by atoms with E-state index in [1.165, 1.54) is 40.3 Å². The third kappa shape index (κ3) is 5.67. The molecule has 2 heterocycles. The normalized spacial score (nSPS) is 11.1. The van der Waals surface area contributed by atoms with E-state index in [0.29, 0.717) is 11.3 Å². The lowest BCUT2D eigenvalue weighted by Gasteiger charge is -2.07. The number of rotatable bonds is 7. The average molecular weight is 461 g/mol. The minimum atomic E-state index is -0.332. The summed E-state index contributed by atoms with van der Waals surface area (Å²) in [7, 11) is 0. The molecule has 0 radical (unpaired) electrons. The zero-order valence-corrected chi connectivity index (χ0v) is 18.7. The fraction of sp³-hybridized carbons (Fsp3) is 0.120. The van der Waals surface area contributed by atoms with Crippen molar-refractivity contribution in [2.75, 3.05) is 6.54 Å². The number of nitrogens with zero attached hydrogens (tertiary/aromatic N) is 3. The molecule has 0 aliphatic heterocycles. The van der Waals surface area contributed by atoms with Crippen LogP contribution in [0.4, 0.5) is 4.39 Å². The number of aromatic nitrogens is 3. The van der Waals surface area contributed by atoms with Gasteiger partial charge in [-0.3, -0.25) is 9.59 Å². The van der Waals surface area contributed by atoms with Crippen LogP contribution in [0, 0.1) is 12.7 Å². The Morgan fingerprint density at radius 1 is 1.09 bits per heavy atom. The lowest BCUT2D eigenvalue weighted by atomic mass is 10.2. The zero-order chi connectivity index (χ0) is 23.2. The maximum atomic E-state index is 12.9. The van der Waals surface area contributed by atoms with Crippen molar-refractivity contribution in [1.82, 2.24) is 20.1 Å². The standard InChI is InChI=1S/C25H21FN4O2S/c1-17-24(33-25(28-17)19-5-3-2-4-6-19)21-12-14-23(32)30(29-21)16-15-27-22(31)13-9-18-7-10-20(26)11-8-18/h2-14H,15-16H2,1H3,(H,27,31)/b13-9+. The van der Waals surface area contributed by atoms with Gasteiger partial charge in [0.25, 0.3) is 5.56 Å². The SMILES string of the molecule is Cc1nc(-c2ccccc2)sc1-c1ccc(=O)n(CCNC(=O)/C=C/c2ccc(F)cc2)n1. The van der Waals surface area contributed by atoms with Gasteiger partial charge in [0.2, 0.25) is 5.91 Å². The van der Waals surface area contributed by atoms with Crippen LogP contribution < -0.4 is 10.9 Å². The van der Waals surface area contributed by atoms with E-state index in [9.17, 15) is 14.0 Å². The number of benzene rings is 2. The Morgan fingerprint density at radius 3 is 2.61 bits per heavy atom. The summed E-state index contributed by atoms with van der Waals surface area (Å²) in [5.74, 6) is -0.643. The first-order chi connectivity index (χ1) is 16.0. The van der Waals surface area contributed by atoms with Crippen molar-refractivity contribution >= 4 is 23.3 Å². The van der Waals surface area contributed by atoms with Gasteiger partial charge in [-0.1, -0.05) is 42.5 Å². The van der Waals surface area contributed by atoms with Gasteiger partial charge in [-0.05, 0) is 36.8 Å². The van der Waals surface area contributed by atoms with Crippen LogP contribution in [0.2, 0.25) is 0 Å². The molecule has 0 aliphatic carbocycles. The number of carbonyl (C=O) groups is 1. The van der Waals surface area contributed by atoms with E-state index < -0.39 is 0 Å². The van der Waals surface area contributed by atoms with Crippen LogP contribution in [-0.4, -0.2) is 27.2 Å². The summed E-state index contributed by atoms with van der Waals surface area (Å²) >= 11 is 1.52. The molecule has 2 aromatic carbocycles. The summed E-state index contributed by atoms with van der Waals surface area (Å²) in [5, 5.41) is 8.10. The molecule has 0 saturated heterocycles. The third-order valence-corrected chi connectivity index (χ3v) is 6.07. The number of hydrogen-bond donors (Lipinski definition) is 1. The number of hydrogen-bond acceptors (Lipinski definition) is 5. The lowest BCUT2D eigenvalue weighted by Crippen LogP contribution is -2.31. The van der Waals surface area contributed by atoms with Crippen molar-refractivity contribution in [3.05, 3.63) is 100 Å². The summed E-state index contributed by atoms with van der Waals surface area (Å²) in [6.45, 7) is 2.38. The first-order valence-electron chi connectivity index (χ1n) is 10.3. The van der Waals surface area contributed by atoms with Gasteiger partial charge in [0, 0.05) is 24.3 Å². The molecule has 4 rings (SSSR count). The van der Waals surface area contributed by atoms with Gasteiger partial charge in [-0.25, -0.2) is 14.1 Å². The highest BCUT2D eigenvalue weighted by Crippen LogP contribution is 2.33. The minimum Gasteiger partial charge on any atom is -0.351 e. The topological polar surface area (TPSA) is 76.9 Å². The molecular formula is C25H21FN4O2S. The molecule has 2 aromatic heterocycles. The van der Waals surface area contributed by atoms with Gasteiger partial charge in [0.1, 0.15) is 16.5 Å². The zero-order valence-electron chi connectivity index (χ0n) is 17.9. The highest BCUT2D eigenvalue weighted by atomic mass is 32.1. The Balaban J connectivity index is 1.42. The summed E-state index contributed by atoms with van der Waals surface area (Å²) in [6.07, 6.45) is 2.96. The molecule has 0 aliphatic rings. The van der Waals surface area contributed by atoms with E-state index in [0.717, 1.165) is 21.1 Å².